The molecule has 6 heteroatoms. The Kier molecular flexibility index (Phi) is 5.46. The predicted molar refractivity (Wildman–Crippen MR) is 112 cm³/mol. The molecule has 0 aliphatic carbocycles. The van der Waals surface area contributed by atoms with E-state index in [2.05, 4.69) is 29.2 Å². The number of aromatic nitrogens is 1. The van der Waals surface area contributed by atoms with E-state index in [1.165, 1.54) is 11.6 Å². The molecule has 1 aromatic heterocycles. The molecule has 1 aliphatic heterocycles. The fourth-order valence-corrected chi connectivity index (χ4v) is 3.83. The standard InChI is InChI=1S/C22H22ClN3O2/c23-18-6-7-19-20(14-18)26(9-8-21(19)27)16-22(28)25-12-10-24(11-13-25)15-17-4-2-1-3-5-17/h1-9,14H,10-13,15-16H2. The molecular formula is C22H22ClN3O2. The Morgan fingerprint density at radius 2 is 1.71 bits per heavy atom. The van der Waals surface area contributed by atoms with Crippen molar-refractivity contribution in [3.8, 4) is 0 Å². The van der Waals surface area contributed by atoms with Crippen molar-refractivity contribution >= 4 is 28.4 Å². The number of carbonyl (C=O) groups is 1. The SMILES string of the molecule is O=C(Cn1ccc(=O)c2ccc(Cl)cc21)N1CCN(Cc2ccccc2)CC1. The highest BCUT2D eigenvalue weighted by atomic mass is 35.5. The van der Waals surface area contributed by atoms with Crippen molar-refractivity contribution in [1.82, 2.24) is 14.4 Å². The maximum absolute atomic E-state index is 12.8. The molecule has 0 atom stereocenters. The minimum Gasteiger partial charge on any atom is -0.339 e. The number of nitrogens with zero attached hydrogens (tertiary/aromatic N) is 3. The van der Waals surface area contributed by atoms with E-state index in [4.69, 9.17) is 11.6 Å². The summed E-state index contributed by atoms with van der Waals surface area (Å²) in [6.45, 7) is 4.26. The van der Waals surface area contributed by atoms with E-state index in [9.17, 15) is 9.59 Å². The second-order valence-electron chi connectivity index (χ2n) is 7.11. The highest BCUT2D eigenvalue weighted by Crippen LogP contribution is 2.17. The Hall–Kier alpha value is -2.63. The minimum atomic E-state index is -0.0649. The molecular weight excluding hydrogens is 374 g/mol. The van der Waals surface area contributed by atoms with Crippen LogP contribution in [0.25, 0.3) is 10.9 Å². The molecule has 1 saturated heterocycles. The monoisotopic (exact) mass is 395 g/mol. The van der Waals surface area contributed by atoms with Crippen molar-refractivity contribution in [3.63, 3.8) is 0 Å². The smallest absolute Gasteiger partial charge is 0.242 e. The molecule has 2 aromatic carbocycles. The molecule has 1 fully saturated rings. The Balaban J connectivity index is 1.41. The second kappa shape index (κ2) is 8.17. The van der Waals surface area contributed by atoms with Gasteiger partial charge in [0.05, 0.1) is 5.52 Å². The molecule has 4 rings (SSSR count). The number of halogens is 1. The van der Waals surface area contributed by atoms with E-state index in [0.29, 0.717) is 29.0 Å². The van der Waals surface area contributed by atoms with Gasteiger partial charge in [0.15, 0.2) is 5.43 Å². The fourth-order valence-electron chi connectivity index (χ4n) is 3.66. The van der Waals surface area contributed by atoms with E-state index in [-0.39, 0.29) is 17.9 Å². The molecule has 28 heavy (non-hydrogen) atoms. The highest BCUT2D eigenvalue weighted by Gasteiger charge is 2.21. The van der Waals surface area contributed by atoms with Gasteiger partial charge >= 0.3 is 0 Å². The molecule has 3 aromatic rings. The summed E-state index contributed by atoms with van der Waals surface area (Å²) in [5.41, 5.74) is 1.92. The van der Waals surface area contributed by atoms with Crippen LogP contribution in [0.5, 0.6) is 0 Å². The van der Waals surface area contributed by atoms with Crippen molar-refractivity contribution in [1.29, 1.82) is 0 Å². The van der Waals surface area contributed by atoms with Gasteiger partial charge in [-0.25, -0.2) is 0 Å². The summed E-state index contributed by atoms with van der Waals surface area (Å²) >= 11 is 6.09. The molecule has 1 aliphatic rings. The first-order valence-corrected chi connectivity index (χ1v) is 9.81. The predicted octanol–water partition coefficient (Wildman–Crippen LogP) is 3.00. The number of fused-ring (bicyclic) bond motifs is 1. The first kappa shape index (κ1) is 18.7. The van der Waals surface area contributed by atoms with Crippen LogP contribution in [0.2, 0.25) is 5.02 Å². The Morgan fingerprint density at radius 3 is 2.46 bits per heavy atom. The molecule has 0 saturated carbocycles. The van der Waals surface area contributed by atoms with Gasteiger partial charge in [-0.3, -0.25) is 14.5 Å². The maximum atomic E-state index is 12.8. The zero-order chi connectivity index (χ0) is 19.5. The van der Waals surface area contributed by atoms with Crippen molar-refractivity contribution in [2.24, 2.45) is 0 Å². The molecule has 0 unspecified atom stereocenters. The van der Waals surface area contributed by atoms with E-state index in [1.807, 2.05) is 11.0 Å². The molecule has 1 amide bonds. The van der Waals surface area contributed by atoms with E-state index >= 15 is 0 Å². The summed E-state index contributed by atoms with van der Waals surface area (Å²) in [6.07, 6.45) is 1.67. The van der Waals surface area contributed by atoms with Gasteiger partial charge < -0.3 is 9.47 Å². The van der Waals surface area contributed by atoms with Gasteiger partial charge in [-0.15, -0.1) is 0 Å². The molecule has 0 spiro atoms. The third kappa shape index (κ3) is 4.11. The lowest BCUT2D eigenvalue weighted by Gasteiger charge is -2.35. The molecule has 0 bridgehead atoms. The van der Waals surface area contributed by atoms with Crippen molar-refractivity contribution in [2.75, 3.05) is 26.2 Å². The van der Waals surface area contributed by atoms with Crippen LogP contribution >= 0.6 is 11.6 Å². The van der Waals surface area contributed by atoms with E-state index in [1.54, 1.807) is 29.0 Å². The normalized spacial score (nSPS) is 15.1. The molecule has 0 radical (unpaired) electrons. The van der Waals surface area contributed by atoms with Gasteiger partial charge in [0.25, 0.3) is 0 Å². The van der Waals surface area contributed by atoms with Crippen LogP contribution in [0.3, 0.4) is 0 Å². The first-order chi connectivity index (χ1) is 13.6. The number of hydrogen-bond donors (Lipinski definition) is 0. The van der Waals surface area contributed by atoms with Gasteiger partial charge in [-0.05, 0) is 23.8 Å². The van der Waals surface area contributed by atoms with Gasteiger partial charge in [-0.1, -0.05) is 41.9 Å². The third-order valence-corrected chi connectivity index (χ3v) is 5.46. The van der Waals surface area contributed by atoms with E-state index < -0.39 is 0 Å². The van der Waals surface area contributed by atoms with Crippen molar-refractivity contribution < 1.29 is 4.79 Å². The van der Waals surface area contributed by atoms with Crippen LogP contribution in [0.1, 0.15) is 5.56 Å². The molecule has 5 nitrogen and oxygen atoms in total. The lowest BCUT2D eigenvalue weighted by atomic mass is 10.2. The number of hydrogen-bond acceptors (Lipinski definition) is 3. The first-order valence-electron chi connectivity index (χ1n) is 9.43. The fraction of sp³-hybridized carbons (Fsp3) is 0.273. The van der Waals surface area contributed by atoms with E-state index in [0.717, 1.165) is 19.6 Å². The third-order valence-electron chi connectivity index (χ3n) is 5.22. The molecule has 144 valence electrons. The zero-order valence-corrected chi connectivity index (χ0v) is 16.3. The largest absolute Gasteiger partial charge is 0.339 e. The number of amides is 1. The van der Waals surface area contributed by atoms with Crippen molar-refractivity contribution in [3.05, 3.63) is 81.6 Å². The average Bonchev–Trinajstić information content (AvgIpc) is 2.71. The number of rotatable bonds is 4. The number of carbonyl (C=O) groups excluding carboxylic acids is 1. The molecule has 2 heterocycles. The van der Waals surface area contributed by atoms with Gasteiger partial charge in [0, 0.05) is 55.4 Å². The van der Waals surface area contributed by atoms with Crippen LogP contribution in [-0.4, -0.2) is 46.5 Å². The zero-order valence-electron chi connectivity index (χ0n) is 15.6. The maximum Gasteiger partial charge on any atom is 0.242 e. The number of benzene rings is 2. The van der Waals surface area contributed by atoms with Crippen LogP contribution in [-0.2, 0) is 17.9 Å². The van der Waals surface area contributed by atoms with Crippen molar-refractivity contribution in [2.45, 2.75) is 13.1 Å². The van der Waals surface area contributed by atoms with Gasteiger partial charge in [0.1, 0.15) is 6.54 Å². The summed E-state index contributed by atoms with van der Waals surface area (Å²) < 4.78 is 1.81. The lowest BCUT2D eigenvalue weighted by Crippen LogP contribution is -2.49. The Morgan fingerprint density at radius 1 is 0.964 bits per heavy atom. The quantitative estimate of drug-likeness (QED) is 0.682. The Bertz CT molecular complexity index is 1040. The topological polar surface area (TPSA) is 45.6 Å². The summed E-state index contributed by atoms with van der Waals surface area (Å²) in [7, 11) is 0. The average molecular weight is 396 g/mol. The van der Waals surface area contributed by atoms with Crippen LogP contribution < -0.4 is 5.43 Å². The molecule has 0 N–H and O–H groups in total. The second-order valence-corrected chi connectivity index (χ2v) is 7.55. The minimum absolute atomic E-state index is 0.0595. The summed E-state index contributed by atoms with van der Waals surface area (Å²) in [5.74, 6) is 0.0595. The Labute approximate surface area is 168 Å². The lowest BCUT2D eigenvalue weighted by molar-refractivity contribution is -0.133. The summed E-state index contributed by atoms with van der Waals surface area (Å²) in [6, 6.07) is 17.0. The number of piperazine rings is 1. The van der Waals surface area contributed by atoms with Crippen LogP contribution in [0, 0.1) is 0 Å². The summed E-state index contributed by atoms with van der Waals surface area (Å²) in [5, 5.41) is 1.13. The van der Waals surface area contributed by atoms with Gasteiger partial charge in [-0.2, -0.15) is 0 Å². The van der Waals surface area contributed by atoms with Crippen LogP contribution in [0.4, 0.5) is 0 Å². The van der Waals surface area contributed by atoms with Crippen LogP contribution in [0.15, 0.2) is 65.6 Å². The summed E-state index contributed by atoms with van der Waals surface area (Å²) in [4.78, 5) is 29.1. The highest BCUT2D eigenvalue weighted by molar-refractivity contribution is 6.31. The number of pyridine rings is 1. The van der Waals surface area contributed by atoms with Gasteiger partial charge in [0.2, 0.25) is 5.91 Å².